The summed E-state index contributed by atoms with van der Waals surface area (Å²) in [5.74, 6) is -0.988. The average molecular weight is 1030 g/mol. The van der Waals surface area contributed by atoms with E-state index < -0.39 is 17.2 Å². The molecule has 8 aromatic rings. The molecule has 18 nitrogen and oxygen atoms in total. The van der Waals surface area contributed by atoms with Crippen molar-refractivity contribution in [1.29, 1.82) is 0 Å². The van der Waals surface area contributed by atoms with Crippen molar-refractivity contribution >= 4 is 45.8 Å². The number of hydrogen-bond donors (Lipinski definition) is 2. The minimum Gasteiger partial charge on any atom is -0.493 e. The Hall–Kier alpha value is -7.33. The van der Waals surface area contributed by atoms with Gasteiger partial charge in [0.1, 0.15) is 48.3 Å². The van der Waals surface area contributed by atoms with Crippen molar-refractivity contribution < 1.29 is 28.2 Å². The summed E-state index contributed by atoms with van der Waals surface area (Å²) in [7, 11) is 0. The molecule has 2 N–H and O–H groups in total. The standard InChI is InChI=1S/C19H22ClN5O.C19H20N2O3S.C13H12F2N6O/c20-16-5-3-6-17(15-16)23-13-11-22(12-14-23)8-4-10-25-19(26)24-9-2-1-7-18(24)21-25;1-2-13-3-6-15(20-12-13)9-10-24-16-7-4-14(5-8-16)11-17-18(22)21-19(23)25-17;14-10-1-2-11(12(15)3-10)13(22,4-20-8-16-6-18-20)5-21-9-17-7-19-21/h1-3,5-7,9,15H,4,8,10-14H2;3-8,12,17H,2,9-11H2,1H3,(H,21,22,23);1-3,6-9,22H,4-5H2. The predicted molar refractivity (Wildman–Crippen MR) is 272 cm³/mol. The number of aromatic nitrogens is 10. The smallest absolute Gasteiger partial charge is 0.350 e. The van der Waals surface area contributed by atoms with Crippen molar-refractivity contribution in [3.05, 3.63) is 184 Å². The SMILES string of the molecule is CCc1ccc(CCOc2ccc(CC3SC(=O)NC3=O)cc2)nc1.O=c1n(CCCN2CCN(c3cccc(Cl)c3)CC2)nc2ccccn12.OC(Cn1cncn1)(Cn1cncn1)c1ccc(F)cc1F. The van der Waals surface area contributed by atoms with Gasteiger partial charge < -0.3 is 14.7 Å². The lowest BCUT2D eigenvalue weighted by atomic mass is 9.93. The number of nitrogens with zero attached hydrogens (tertiary/aromatic N) is 12. The molecule has 0 radical (unpaired) electrons. The molecular weight excluding hydrogens is 980 g/mol. The highest BCUT2D eigenvalue weighted by molar-refractivity contribution is 8.15. The van der Waals surface area contributed by atoms with Crippen molar-refractivity contribution in [3.8, 4) is 5.75 Å². The first-order valence-corrected chi connectivity index (χ1v) is 24.9. The number of pyridine rings is 2. The van der Waals surface area contributed by atoms with Gasteiger partial charge in [-0.25, -0.2) is 37.6 Å². The molecule has 3 aromatic carbocycles. The van der Waals surface area contributed by atoms with Gasteiger partial charge in [-0.05, 0) is 85.0 Å². The number of nitrogens with one attached hydrogen (secondary N) is 1. The zero-order chi connectivity index (χ0) is 51.2. The zero-order valence-electron chi connectivity index (χ0n) is 40.0. The molecule has 380 valence electrons. The molecule has 2 fully saturated rings. The van der Waals surface area contributed by atoms with Gasteiger partial charge in [-0.3, -0.25) is 29.2 Å². The summed E-state index contributed by atoms with van der Waals surface area (Å²) in [5.41, 5.74) is 3.33. The Morgan fingerprint density at radius 1 is 0.849 bits per heavy atom. The van der Waals surface area contributed by atoms with Crippen LogP contribution in [0, 0.1) is 11.6 Å². The maximum atomic E-state index is 14.1. The summed E-state index contributed by atoms with van der Waals surface area (Å²) in [6, 6.07) is 28.4. The number of imide groups is 1. The topological polar surface area (TPSA) is 196 Å². The highest BCUT2D eigenvalue weighted by Crippen LogP contribution is 2.29. The molecule has 5 aromatic heterocycles. The Kier molecular flexibility index (Phi) is 17.7. The van der Waals surface area contributed by atoms with Crippen LogP contribution in [0.25, 0.3) is 5.65 Å². The van der Waals surface area contributed by atoms with Crippen LogP contribution in [0.1, 0.15) is 35.7 Å². The number of aryl methyl sites for hydroxylation is 2. The Morgan fingerprint density at radius 2 is 1.59 bits per heavy atom. The van der Waals surface area contributed by atoms with Crippen LogP contribution < -0.4 is 20.6 Å². The summed E-state index contributed by atoms with van der Waals surface area (Å²) in [4.78, 5) is 51.9. The van der Waals surface area contributed by atoms with Crippen LogP contribution in [0.2, 0.25) is 5.02 Å². The fraction of sp³-hybridized carbons (Fsp3) is 0.314. The van der Waals surface area contributed by atoms with Gasteiger partial charge in [-0.2, -0.15) is 10.2 Å². The van der Waals surface area contributed by atoms with Gasteiger partial charge in [0.05, 0.1) is 24.9 Å². The number of hydrogen-bond acceptors (Lipinski definition) is 14. The molecule has 10 rings (SSSR count). The second kappa shape index (κ2) is 24.9. The first-order valence-electron chi connectivity index (χ1n) is 23.7. The summed E-state index contributed by atoms with van der Waals surface area (Å²) in [6.07, 6.45) is 12.3. The monoisotopic (exact) mass is 1030 g/mol. The van der Waals surface area contributed by atoms with Gasteiger partial charge in [0, 0.05) is 86.1 Å². The normalized spacial score (nSPS) is 14.9. The van der Waals surface area contributed by atoms with Gasteiger partial charge in [0.25, 0.3) is 5.24 Å². The van der Waals surface area contributed by atoms with Crippen molar-refractivity contribution in [3.63, 3.8) is 0 Å². The third kappa shape index (κ3) is 14.4. The molecule has 0 bridgehead atoms. The summed E-state index contributed by atoms with van der Waals surface area (Å²) in [6.45, 7) is 8.18. The second-order valence-corrected chi connectivity index (χ2v) is 18.9. The molecule has 73 heavy (non-hydrogen) atoms. The molecule has 22 heteroatoms. The number of piperazine rings is 1. The molecule has 2 aliphatic rings. The van der Waals surface area contributed by atoms with E-state index in [-0.39, 0.29) is 40.7 Å². The van der Waals surface area contributed by atoms with Crippen LogP contribution >= 0.6 is 23.4 Å². The minimum atomic E-state index is -1.70. The number of aliphatic hydroxyl groups is 1. The van der Waals surface area contributed by atoms with Crippen LogP contribution in [-0.4, -0.2) is 114 Å². The molecule has 2 saturated heterocycles. The molecule has 2 amide bonds. The van der Waals surface area contributed by atoms with Crippen LogP contribution in [0.4, 0.5) is 19.3 Å². The maximum Gasteiger partial charge on any atom is 0.350 e. The highest BCUT2D eigenvalue weighted by Gasteiger charge is 2.35. The van der Waals surface area contributed by atoms with Gasteiger partial charge >= 0.3 is 5.69 Å². The van der Waals surface area contributed by atoms with Crippen molar-refractivity contribution in [2.45, 2.75) is 63.1 Å². The van der Waals surface area contributed by atoms with Crippen LogP contribution in [0.15, 0.2) is 140 Å². The number of benzene rings is 3. The number of thioether (sulfide) groups is 1. The van der Waals surface area contributed by atoms with E-state index in [4.69, 9.17) is 16.3 Å². The number of rotatable bonds is 17. The summed E-state index contributed by atoms with van der Waals surface area (Å²) < 4.78 is 38.9. The van der Waals surface area contributed by atoms with E-state index in [1.165, 1.54) is 52.0 Å². The number of halogens is 3. The van der Waals surface area contributed by atoms with Gasteiger partial charge in [-0.15, -0.1) is 5.10 Å². The molecular formula is C51H54ClF2N13O5S. The van der Waals surface area contributed by atoms with E-state index >= 15 is 0 Å². The molecule has 2 aliphatic heterocycles. The lowest BCUT2D eigenvalue weighted by Gasteiger charge is -2.36. The summed E-state index contributed by atoms with van der Waals surface area (Å²) >= 11 is 7.14. The third-order valence-electron chi connectivity index (χ3n) is 12.1. The van der Waals surface area contributed by atoms with E-state index in [1.54, 1.807) is 15.3 Å². The zero-order valence-corrected chi connectivity index (χ0v) is 41.5. The van der Waals surface area contributed by atoms with E-state index in [0.29, 0.717) is 25.2 Å². The first-order chi connectivity index (χ1) is 35.4. The van der Waals surface area contributed by atoms with Crippen molar-refractivity contribution in [1.82, 2.24) is 58.9 Å². The summed E-state index contributed by atoms with van der Waals surface area (Å²) in [5, 5.41) is 25.6. The number of carbonyl (C=O) groups is 2. The number of carbonyl (C=O) groups excluding carboxylic acids is 2. The highest BCUT2D eigenvalue weighted by atomic mass is 35.5. The molecule has 1 unspecified atom stereocenters. The van der Waals surface area contributed by atoms with E-state index in [0.717, 1.165) is 97.9 Å². The van der Waals surface area contributed by atoms with E-state index in [1.807, 2.05) is 72.9 Å². The lowest BCUT2D eigenvalue weighted by Crippen LogP contribution is -2.46. The molecule has 0 spiro atoms. The Labute approximate surface area is 428 Å². The minimum absolute atomic E-state index is 0.0556. The second-order valence-electron chi connectivity index (χ2n) is 17.3. The molecule has 0 aliphatic carbocycles. The third-order valence-corrected chi connectivity index (χ3v) is 13.3. The van der Waals surface area contributed by atoms with Gasteiger partial charge in [0.2, 0.25) is 5.91 Å². The van der Waals surface area contributed by atoms with Gasteiger partial charge in [-0.1, -0.05) is 66.7 Å². The fourth-order valence-corrected chi connectivity index (χ4v) is 9.31. The number of anilines is 1. The molecule has 0 saturated carbocycles. The van der Waals surface area contributed by atoms with E-state index in [9.17, 15) is 28.3 Å². The molecule has 1 atom stereocenters. The quantitative estimate of drug-likeness (QED) is 0.104. The first kappa shape index (κ1) is 52.0. The Balaban J connectivity index is 0.000000147. The Bertz CT molecular complexity index is 3060. The number of ether oxygens (including phenoxy) is 1. The predicted octanol–water partition coefficient (Wildman–Crippen LogP) is 6.26. The van der Waals surface area contributed by atoms with Gasteiger partial charge in [0.15, 0.2) is 5.65 Å². The van der Waals surface area contributed by atoms with Crippen molar-refractivity contribution in [2.24, 2.45) is 0 Å². The van der Waals surface area contributed by atoms with Crippen molar-refractivity contribution in [2.75, 3.05) is 44.2 Å². The number of fused-ring (bicyclic) bond motifs is 1. The lowest BCUT2D eigenvalue weighted by molar-refractivity contribution is -0.118. The maximum absolute atomic E-state index is 14.1. The average Bonchev–Trinajstić information content (AvgIpc) is 4.22. The Morgan fingerprint density at radius 3 is 2.21 bits per heavy atom. The fourth-order valence-electron chi connectivity index (χ4n) is 8.26. The number of amides is 2. The largest absolute Gasteiger partial charge is 0.493 e. The van der Waals surface area contributed by atoms with Crippen LogP contribution in [0.5, 0.6) is 5.75 Å². The molecule has 7 heterocycles. The van der Waals surface area contributed by atoms with Crippen LogP contribution in [-0.2, 0) is 49.3 Å². The van der Waals surface area contributed by atoms with E-state index in [2.05, 4.69) is 64.4 Å². The van der Waals surface area contributed by atoms with Crippen LogP contribution in [0.3, 0.4) is 0 Å².